The van der Waals surface area contributed by atoms with Crippen molar-refractivity contribution in [3.63, 3.8) is 0 Å². The van der Waals surface area contributed by atoms with Crippen molar-refractivity contribution in [2.24, 2.45) is 5.41 Å². The molecule has 160 valence electrons. The number of benzene rings is 1. The molecule has 0 radical (unpaired) electrons. The third-order valence-electron chi connectivity index (χ3n) is 7.61. The van der Waals surface area contributed by atoms with E-state index in [-0.39, 0.29) is 17.4 Å². The van der Waals surface area contributed by atoms with Gasteiger partial charge >= 0.3 is 0 Å². The third-order valence-corrected chi connectivity index (χ3v) is 7.61. The van der Waals surface area contributed by atoms with Crippen molar-refractivity contribution in [1.82, 2.24) is 19.9 Å². The van der Waals surface area contributed by atoms with Crippen molar-refractivity contribution in [3.8, 4) is 0 Å². The molecule has 1 aliphatic carbocycles. The lowest BCUT2D eigenvalue weighted by molar-refractivity contribution is -0.132. The number of carbonyl (C=O) groups is 1. The van der Waals surface area contributed by atoms with Crippen LogP contribution in [0.3, 0.4) is 0 Å². The number of aromatic nitrogens is 2. The second-order valence-electron chi connectivity index (χ2n) is 9.80. The number of aryl methyl sites for hydroxylation is 1. The fourth-order valence-corrected chi connectivity index (χ4v) is 5.35. The van der Waals surface area contributed by atoms with E-state index in [1.54, 1.807) is 0 Å². The van der Waals surface area contributed by atoms with Gasteiger partial charge in [-0.1, -0.05) is 41.4 Å². The van der Waals surface area contributed by atoms with E-state index in [1.807, 2.05) is 0 Å². The van der Waals surface area contributed by atoms with Crippen LogP contribution in [0.4, 0.5) is 0 Å². The van der Waals surface area contributed by atoms with E-state index >= 15 is 0 Å². The molecule has 2 aliphatic heterocycles. The van der Waals surface area contributed by atoms with E-state index < -0.39 is 0 Å². The minimum absolute atomic E-state index is 0.234. The van der Waals surface area contributed by atoms with Crippen molar-refractivity contribution in [2.75, 3.05) is 26.7 Å². The molecule has 0 bridgehead atoms. The minimum Gasteiger partial charge on any atom is -0.342 e. The predicted molar refractivity (Wildman–Crippen MR) is 114 cm³/mol. The molecule has 6 heteroatoms. The summed E-state index contributed by atoms with van der Waals surface area (Å²) in [5.41, 5.74) is 2.59. The largest absolute Gasteiger partial charge is 0.342 e. The van der Waals surface area contributed by atoms with Crippen LogP contribution in [0, 0.1) is 12.3 Å². The van der Waals surface area contributed by atoms with E-state index in [0.29, 0.717) is 12.3 Å². The second kappa shape index (κ2) is 7.80. The minimum atomic E-state index is 0.234. The molecule has 1 aromatic carbocycles. The molecule has 3 aliphatic rings. The first kappa shape index (κ1) is 19.7. The number of rotatable bonds is 4. The van der Waals surface area contributed by atoms with Crippen molar-refractivity contribution in [3.05, 3.63) is 47.1 Å². The first-order valence-corrected chi connectivity index (χ1v) is 11.4. The van der Waals surface area contributed by atoms with Gasteiger partial charge in [0.05, 0.1) is 12.5 Å². The molecule has 2 aromatic rings. The Balaban J connectivity index is 1.18. The fraction of sp³-hybridized carbons (Fsp3) is 0.625. The Kier molecular flexibility index (Phi) is 5.13. The Morgan fingerprint density at radius 3 is 2.60 bits per heavy atom. The van der Waals surface area contributed by atoms with E-state index in [2.05, 4.69) is 53.2 Å². The monoisotopic (exact) mass is 408 g/mol. The van der Waals surface area contributed by atoms with Gasteiger partial charge in [-0.2, -0.15) is 4.98 Å². The number of nitrogens with zero attached hydrogens (tertiary/aromatic N) is 4. The molecule has 1 spiro atoms. The maximum Gasteiger partial charge on any atom is 0.229 e. The molecular weight excluding hydrogens is 376 g/mol. The van der Waals surface area contributed by atoms with E-state index in [9.17, 15) is 4.79 Å². The van der Waals surface area contributed by atoms with Crippen molar-refractivity contribution in [1.29, 1.82) is 0 Å². The second-order valence-corrected chi connectivity index (χ2v) is 9.80. The normalized spacial score (nSPS) is 24.3. The first-order valence-electron chi connectivity index (χ1n) is 11.4. The summed E-state index contributed by atoms with van der Waals surface area (Å²) in [5, 5.41) is 4.33. The molecule has 0 N–H and O–H groups in total. The quantitative estimate of drug-likeness (QED) is 0.768. The highest BCUT2D eigenvalue weighted by atomic mass is 16.5. The van der Waals surface area contributed by atoms with Crippen LogP contribution in [-0.2, 0) is 11.2 Å². The van der Waals surface area contributed by atoms with Gasteiger partial charge in [0.2, 0.25) is 11.8 Å². The molecule has 3 fully saturated rings. The van der Waals surface area contributed by atoms with Gasteiger partial charge in [0, 0.05) is 25.6 Å². The maximum atomic E-state index is 12.8. The third kappa shape index (κ3) is 3.78. The summed E-state index contributed by atoms with van der Waals surface area (Å²) in [6, 6.07) is 8.53. The molecule has 1 aromatic heterocycles. The van der Waals surface area contributed by atoms with Gasteiger partial charge in [-0.05, 0) is 57.1 Å². The van der Waals surface area contributed by atoms with Crippen LogP contribution in [0.5, 0.6) is 0 Å². The molecular formula is C24H32N4O2. The molecule has 5 rings (SSSR count). The summed E-state index contributed by atoms with van der Waals surface area (Å²) < 4.78 is 5.58. The van der Waals surface area contributed by atoms with Gasteiger partial charge < -0.3 is 9.42 Å². The van der Waals surface area contributed by atoms with Gasteiger partial charge in [0.25, 0.3) is 0 Å². The van der Waals surface area contributed by atoms with Gasteiger partial charge in [0.1, 0.15) is 0 Å². The van der Waals surface area contributed by atoms with Crippen LogP contribution < -0.4 is 0 Å². The highest BCUT2D eigenvalue weighted by molar-refractivity contribution is 5.78. The standard InChI is InChI=1S/C24H32N4O2/c1-17-6-8-18(9-7-17)14-21(29)28-12-10-24(11-13-28)15-20(27(2)16-24)22-25-23(30-26-22)19-4-3-5-19/h6-9,19-20H,3-5,10-16H2,1-2H3. The molecule has 2 saturated heterocycles. The molecule has 1 amide bonds. The van der Waals surface area contributed by atoms with Crippen LogP contribution in [0.25, 0.3) is 0 Å². The summed E-state index contributed by atoms with van der Waals surface area (Å²) in [6.45, 7) is 4.82. The van der Waals surface area contributed by atoms with Gasteiger partial charge in [-0.15, -0.1) is 0 Å². The van der Waals surface area contributed by atoms with Crippen LogP contribution in [0.2, 0.25) is 0 Å². The van der Waals surface area contributed by atoms with Crippen LogP contribution in [0.1, 0.15) is 73.3 Å². The summed E-state index contributed by atoms with van der Waals surface area (Å²) in [6.07, 6.45) is 7.31. The Labute approximate surface area is 178 Å². The molecule has 30 heavy (non-hydrogen) atoms. The molecule has 1 unspecified atom stereocenters. The first-order chi connectivity index (χ1) is 14.5. The maximum absolute atomic E-state index is 12.8. The molecule has 3 heterocycles. The predicted octanol–water partition coefficient (Wildman–Crippen LogP) is 3.87. The van der Waals surface area contributed by atoms with Crippen molar-refractivity contribution >= 4 is 5.91 Å². The fourth-order valence-electron chi connectivity index (χ4n) is 5.35. The zero-order valence-corrected chi connectivity index (χ0v) is 18.1. The summed E-state index contributed by atoms with van der Waals surface area (Å²) in [4.78, 5) is 22.0. The van der Waals surface area contributed by atoms with Crippen molar-refractivity contribution in [2.45, 2.75) is 63.8 Å². The SMILES string of the molecule is Cc1ccc(CC(=O)N2CCC3(CC2)CC(c2noc(C4CCC4)n2)N(C)C3)cc1. The number of piperidine rings is 1. The van der Waals surface area contributed by atoms with E-state index in [4.69, 9.17) is 9.51 Å². The van der Waals surface area contributed by atoms with Crippen LogP contribution >= 0.6 is 0 Å². The average Bonchev–Trinajstić information content (AvgIpc) is 3.28. The Morgan fingerprint density at radius 1 is 1.20 bits per heavy atom. The highest BCUT2D eigenvalue weighted by Gasteiger charge is 2.46. The average molecular weight is 409 g/mol. The Bertz CT molecular complexity index is 894. The number of hydrogen-bond acceptors (Lipinski definition) is 5. The Hall–Kier alpha value is -2.21. The van der Waals surface area contributed by atoms with Gasteiger partial charge in [-0.3, -0.25) is 9.69 Å². The molecule has 1 saturated carbocycles. The van der Waals surface area contributed by atoms with Gasteiger partial charge in [-0.25, -0.2) is 0 Å². The number of amides is 1. The zero-order chi connectivity index (χ0) is 20.7. The van der Waals surface area contributed by atoms with Crippen LogP contribution in [-0.4, -0.2) is 52.5 Å². The lowest BCUT2D eigenvalue weighted by atomic mass is 9.76. The highest BCUT2D eigenvalue weighted by Crippen LogP contribution is 2.48. The number of carbonyl (C=O) groups excluding carboxylic acids is 1. The smallest absolute Gasteiger partial charge is 0.229 e. The van der Waals surface area contributed by atoms with E-state index in [1.165, 1.54) is 24.8 Å². The van der Waals surface area contributed by atoms with E-state index in [0.717, 1.165) is 56.2 Å². The lowest BCUT2D eigenvalue weighted by Gasteiger charge is -2.39. The summed E-state index contributed by atoms with van der Waals surface area (Å²) in [5.74, 6) is 2.42. The zero-order valence-electron chi connectivity index (χ0n) is 18.1. The van der Waals surface area contributed by atoms with Gasteiger partial charge in [0.15, 0.2) is 5.82 Å². The number of hydrogen-bond donors (Lipinski definition) is 0. The molecule has 1 atom stereocenters. The summed E-state index contributed by atoms with van der Waals surface area (Å²) in [7, 11) is 2.17. The summed E-state index contributed by atoms with van der Waals surface area (Å²) >= 11 is 0. The number of likely N-dealkylation sites (tertiary alicyclic amines) is 2. The van der Waals surface area contributed by atoms with Crippen molar-refractivity contribution < 1.29 is 9.32 Å². The Morgan fingerprint density at radius 2 is 1.93 bits per heavy atom. The lowest BCUT2D eigenvalue weighted by Crippen LogP contribution is -2.44. The van der Waals surface area contributed by atoms with Crippen LogP contribution in [0.15, 0.2) is 28.8 Å². The topological polar surface area (TPSA) is 62.5 Å². The molecule has 6 nitrogen and oxygen atoms in total.